The predicted molar refractivity (Wildman–Crippen MR) is 90.2 cm³/mol. The molecule has 0 aliphatic carbocycles. The van der Waals surface area contributed by atoms with Gasteiger partial charge < -0.3 is 10.6 Å². The van der Waals surface area contributed by atoms with Crippen LogP contribution in [-0.2, 0) is 6.54 Å². The van der Waals surface area contributed by atoms with Crippen molar-refractivity contribution >= 4 is 17.3 Å². The molecule has 2 N–H and O–H groups in total. The molecule has 1 amide bonds. The van der Waals surface area contributed by atoms with Crippen LogP contribution in [0.25, 0.3) is 0 Å². The highest BCUT2D eigenvalue weighted by Crippen LogP contribution is 2.15. The number of pyridine rings is 2. The zero-order valence-electron chi connectivity index (χ0n) is 12.7. The summed E-state index contributed by atoms with van der Waals surface area (Å²) < 4.78 is 13.6. The van der Waals surface area contributed by atoms with Crippen LogP contribution in [0.1, 0.15) is 16.2 Å². The van der Waals surface area contributed by atoms with Gasteiger partial charge >= 0.3 is 0 Å². The van der Waals surface area contributed by atoms with Gasteiger partial charge in [0.1, 0.15) is 11.5 Å². The quantitative estimate of drug-likeness (QED) is 0.755. The Morgan fingerprint density at radius 1 is 1.00 bits per heavy atom. The molecular formula is C18H15FN4O. The molecule has 2 aromatic heterocycles. The van der Waals surface area contributed by atoms with Crippen LogP contribution in [0.15, 0.2) is 67.0 Å². The van der Waals surface area contributed by atoms with Gasteiger partial charge in [-0.3, -0.25) is 14.8 Å². The third-order valence-corrected chi connectivity index (χ3v) is 3.31. The van der Waals surface area contributed by atoms with E-state index in [9.17, 15) is 9.18 Å². The molecule has 24 heavy (non-hydrogen) atoms. The summed E-state index contributed by atoms with van der Waals surface area (Å²) in [4.78, 5) is 20.5. The van der Waals surface area contributed by atoms with Gasteiger partial charge in [0.05, 0.1) is 17.9 Å². The first-order valence-corrected chi connectivity index (χ1v) is 7.38. The summed E-state index contributed by atoms with van der Waals surface area (Å²) in [5.74, 6) is -0.961. The Bertz CT molecular complexity index is 839. The first-order chi connectivity index (χ1) is 11.7. The van der Waals surface area contributed by atoms with Gasteiger partial charge in [0.2, 0.25) is 0 Å². The lowest BCUT2D eigenvalue weighted by molar-refractivity contribution is 0.102. The fraction of sp³-hybridized carbons (Fsp3) is 0.0556. The predicted octanol–water partition coefficient (Wildman–Crippen LogP) is 3.48. The van der Waals surface area contributed by atoms with E-state index in [4.69, 9.17) is 0 Å². The molecule has 120 valence electrons. The lowest BCUT2D eigenvalue weighted by Crippen LogP contribution is -2.15. The minimum Gasteiger partial charge on any atom is -0.379 e. The van der Waals surface area contributed by atoms with Gasteiger partial charge in [0.15, 0.2) is 0 Å². The molecule has 0 atom stereocenters. The first kappa shape index (κ1) is 15.6. The zero-order chi connectivity index (χ0) is 16.8. The molecule has 3 rings (SSSR count). The second kappa shape index (κ2) is 7.32. The minimum absolute atomic E-state index is 0.121. The van der Waals surface area contributed by atoms with Gasteiger partial charge in [0.25, 0.3) is 5.91 Å². The lowest BCUT2D eigenvalue weighted by Gasteiger charge is -2.08. The fourth-order valence-electron chi connectivity index (χ4n) is 2.11. The van der Waals surface area contributed by atoms with E-state index < -0.39 is 11.7 Å². The summed E-state index contributed by atoms with van der Waals surface area (Å²) in [7, 11) is 0. The highest BCUT2D eigenvalue weighted by molar-refractivity contribution is 6.03. The van der Waals surface area contributed by atoms with Crippen molar-refractivity contribution in [3.05, 3.63) is 84.2 Å². The van der Waals surface area contributed by atoms with Crippen LogP contribution < -0.4 is 10.6 Å². The molecule has 0 bridgehead atoms. The maximum atomic E-state index is 13.6. The van der Waals surface area contributed by atoms with Crippen LogP contribution in [0, 0.1) is 5.82 Å². The van der Waals surface area contributed by atoms with Gasteiger partial charge in [-0.25, -0.2) is 4.39 Å². The summed E-state index contributed by atoms with van der Waals surface area (Å²) in [5, 5.41) is 5.69. The number of carbonyl (C=O) groups excluding carboxylic acids is 1. The summed E-state index contributed by atoms with van der Waals surface area (Å²) in [6.07, 6.45) is 3.24. The van der Waals surface area contributed by atoms with E-state index in [0.717, 1.165) is 11.4 Å². The molecule has 5 nitrogen and oxygen atoms in total. The largest absolute Gasteiger partial charge is 0.379 e. The Balaban J connectivity index is 1.68. The number of para-hydroxylation sites is 1. The zero-order valence-corrected chi connectivity index (χ0v) is 12.7. The normalized spacial score (nSPS) is 10.2. The molecule has 0 aliphatic heterocycles. The van der Waals surface area contributed by atoms with Gasteiger partial charge in [-0.05, 0) is 36.4 Å². The Morgan fingerprint density at radius 3 is 2.62 bits per heavy atom. The molecule has 0 radical (unpaired) electrons. The van der Waals surface area contributed by atoms with Crippen LogP contribution in [0.5, 0.6) is 0 Å². The van der Waals surface area contributed by atoms with E-state index >= 15 is 0 Å². The Labute approximate surface area is 138 Å². The van der Waals surface area contributed by atoms with Crippen LogP contribution in [0.3, 0.4) is 0 Å². The maximum absolute atomic E-state index is 13.6. The summed E-state index contributed by atoms with van der Waals surface area (Å²) >= 11 is 0. The van der Waals surface area contributed by atoms with E-state index in [1.165, 1.54) is 18.3 Å². The van der Waals surface area contributed by atoms with Crippen molar-refractivity contribution in [2.75, 3.05) is 10.6 Å². The molecule has 0 unspecified atom stereocenters. The molecule has 0 spiro atoms. The average Bonchev–Trinajstić information content (AvgIpc) is 2.63. The summed E-state index contributed by atoms with van der Waals surface area (Å²) in [6, 6.07) is 15.0. The fourth-order valence-corrected chi connectivity index (χ4v) is 2.11. The monoisotopic (exact) mass is 322 g/mol. The van der Waals surface area contributed by atoms with Gasteiger partial charge in [-0.1, -0.05) is 18.2 Å². The molecule has 0 saturated carbocycles. The molecular weight excluding hydrogens is 307 g/mol. The second-order valence-electron chi connectivity index (χ2n) is 5.04. The molecule has 6 heteroatoms. The number of nitrogens with one attached hydrogen (secondary N) is 2. The van der Waals surface area contributed by atoms with Gasteiger partial charge in [-0.2, -0.15) is 0 Å². The number of halogens is 1. The number of hydrogen-bond acceptors (Lipinski definition) is 4. The highest BCUT2D eigenvalue weighted by atomic mass is 19.1. The summed E-state index contributed by atoms with van der Waals surface area (Å²) in [5.41, 5.74) is 1.93. The van der Waals surface area contributed by atoms with Crippen molar-refractivity contribution < 1.29 is 9.18 Å². The van der Waals surface area contributed by atoms with Crippen molar-refractivity contribution in [1.29, 1.82) is 0 Å². The molecule has 0 aliphatic rings. The smallest absolute Gasteiger partial charge is 0.274 e. The summed E-state index contributed by atoms with van der Waals surface area (Å²) in [6.45, 7) is 0.527. The number of rotatable bonds is 5. The Kier molecular flexibility index (Phi) is 4.76. The van der Waals surface area contributed by atoms with Crippen molar-refractivity contribution in [3.63, 3.8) is 0 Å². The van der Waals surface area contributed by atoms with E-state index in [0.29, 0.717) is 6.54 Å². The standard InChI is InChI=1S/C18H15FN4O/c19-15-6-1-2-7-16(15)23-18(24)17-11-13(8-10-21-17)22-12-14-5-3-4-9-20-14/h1-11H,12H2,(H,21,22)(H,23,24). The molecule has 2 heterocycles. The number of benzene rings is 1. The van der Waals surface area contributed by atoms with Crippen LogP contribution in [0.2, 0.25) is 0 Å². The molecule has 0 fully saturated rings. The number of nitrogens with zero attached hydrogens (tertiary/aromatic N) is 2. The first-order valence-electron chi connectivity index (χ1n) is 7.38. The second-order valence-corrected chi connectivity index (χ2v) is 5.04. The van der Waals surface area contributed by atoms with Crippen LogP contribution in [-0.4, -0.2) is 15.9 Å². The third kappa shape index (κ3) is 3.92. The lowest BCUT2D eigenvalue weighted by atomic mass is 10.2. The van der Waals surface area contributed by atoms with Gasteiger partial charge in [-0.15, -0.1) is 0 Å². The van der Waals surface area contributed by atoms with Crippen molar-refractivity contribution in [2.24, 2.45) is 0 Å². The van der Waals surface area contributed by atoms with Gasteiger partial charge in [0, 0.05) is 18.1 Å². The van der Waals surface area contributed by atoms with Crippen LogP contribution >= 0.6 is 0 Å². The topological polar surface area (TPSA) is 66.9 Å². The van der Waals surface area contributed by atoms with Crippen molar-refractivity contribution in [3.8, 4) is 0 Å². The number of amides is 1. The Hall–Kier alpha value is -3.28. The van der Waals surface area contributed by atoms with Crippen molar-refractivity contribution in [1.82, 2.24) is 9.97 Å². The SMILES string of the molecule is O=C(Nc1ccccc1F)c1cc(NCc2ccccn2)ccn1. The number of carbonyl (C=O) groups is 1. The molecule has 1 aromatic carbocycles. The number of anilines is 2. The minimum atomic E-state index is -0.490. The van der Waals surface area contributed by atoms with E-state index in [1.54, 1.807) is 30.5 Å². The highest BCUT2D eigenvalue weighted by Gasteiger charge is 2.10. The molecule has 3 aromatic rings. The van der Waals surface area contributed by atoms with E-state index in [1.807, 2.05) is 18.2 Å². The van der Waals surface area contributed by atoms with Crippen LogP contribution in [0.4, 0.5) is 15.8 Å². The van der Waals surface area contributed by atoms with Crippen molar-refractivity contribution in [2.45, 2.75) is 6.54 Å². The number of hydrogen-bond donors (Lipinski definition) is 2. The van der Waals surface area contributed by atoms with E-state index in [2.05, 4.69) is 20.6 Å². The average molecular weight is 322 g/mol. The molecule has 0 saturated heterocycles. The van der Waals surface area contributed by atoms with E-state index in [-0.39, 0.29) is 11.4 Å². The third-order valence-electron chi connectivity index (χ3n) is 3.31. The Morgan fingerprint density at radius 2 is 1.83 bits per heavy atom. The number of aromatic nitrogens is 2. The maximum Gasteiger partial charge on any atom is 0.274 e.